The summed E-state index contributed by atoms with van der Waals surface area (Å²) in [5, 5.41) is 10.5. The summed E-state index contributed by atoms with van der Waals surface area (Å²) in [6.07, 6.45) is 2.22. The molecular formula is C13H19BrN2O3S. The fourth-order valence-corrected chi connectivity index (χ4v) is 3.60. The smallest absolute Gasteiger partial charge is 0.410 e. The van der Waals surface area contributed by atoms with Crippen molar-refractivity contribution in [2.24, 2.45) is 0 Å². The summed E-state index contributed by atoms with van der Waals surface area (Å²) < 4.78 is 6.13. The third kappa shape index (κ3) is 3.71. The Morgan fingerprint density at radius 3 is 2.90 bits per heavy atom. The van der Waals surface area contributed by atoms with Gasteiger partial charge in [-0.2, -0.15) is 0 Å². The number of aliphatic hydroxyl groups excluding tert-OH is 1. The van der Waals surface area contributed by atoms with Crippen molar-refractivity contribution in [1.29, 1.82) is 0 Å². The highest BCUT2D eigenvalue weighted by Gasteiger charge is 2.37. The third-order valence-corrected chi connectivity index (χ3v) is 4.63. The molecule has 1 aliphatic rings. The molecule has 112 valence electrons. The Balaban J connectivity index is 2.09. The molecule has 1 saturated heterocycles. The quantitative estimate of drug-likeness (QED) is 0.876. The molecule has 2 heterocycles. The highest BCUT2D eigenvalue weighted by molar-refractivity contribution is 9.11. The van der Waals surface area contributed by atoms with Crippen molar-refractivity contribution >= 4 is 33.4 Å². The molecule has 0 aromatic carbocycles. The number of rotatable bonds is 2. The number of carbonyl (C=O) groups is 1. The number of aromatic nitrogens is 1. The summed E-state index contributed by atoms with van der Waals surface area (Å²) in [6, 6.07) is -0.239. The predicted octanol–water partition coefficient (Wildman–Crippen LogP) is 3.34. The second-order valence-corrected chi connectivity index (χ2v) is 8.18. The highest BCUT2D eigenvalue weighted by Crippen LogP contribution is 2.34. The van der Waals surface area contributed by atoms with Crippen molar-refractivity contribution < 1.29 is 14.6 Å². The summed E-state index contributed by atoms with van der Waals surface area (Å²) >= 11 is 4.67. The zero-order valence-electron chi connectivity index (χ0n) is 11.8. The molecule has 1 aromatic rings. The fourth-order valence-electron chi connectivity index (χ4n) is 2.26. The van der Waals surface area contributed by atoms with Crippen LogP contribution in [0.4, 0.5) is 4.79 Å². The number of nitrogens with zero attached hydrogens (tertiary/aromatic N) is 2. The number of hydrogen-bond donors (Lipinski definition) is 1. The van der Waals surface area contributed by atoms with Gasteiger partial charge in [-0.15, -0.1) is 11.3 Å². The van der Waals surface area contributed by atoms with E-state index in [9.17, 15) is 9.90 Å². The van der Waals surface area contributed by atoms with Crippen LogP contribution in [-0.4, -0.2) is 39.3 Å². The van der Waals surface area contributed by atoms with Gasteiger partial charge in [0.15, 0.2) is 3.92 Å². The molecule has 7 heteroatoms. The van der Waals surface area contributed by atoms with Crippen molar-refractivity contribution in [2.75, 3.05) is 6.54 Å². The largest absolute Gasteiger partial charge is 0.444 e. The van der Waals surface area contributed by atoms with Crippen molar-refractivity contribution in [3.05, 3.63) is 15.0 Å². The van der Waals surface area contributed by atoms with Gasteiger partial charge in [0.2, 0.25) is 0 Å². The van der Waals surface area contributed by atoms with Crippen LogP contribution in [0.1, 0.15) is 44.6 Å². The van der Waals surface area contributed by atoms with Crippen LogP contribution in [0.2, 0.25) is 0 Å². The first-order valence-corrected chi connectivity index (χ1v) is 8.18. The Bertz CT molecular complexity index is 486. The van der Waals surface area contributed by atoms with Crippen molar-refractivity contribution in [3.63, 3.8) is 0 Å². The molecule has 0 bridgehead atoms. The molecule has 5 nitrogen and oxygen atoms in total. The Kier molecular flexibility index (Phi) is 4.71. The molecule has 1 amide bonds. The highest BCUT2D eigenvalue weighted by atomic mass is 79.9. The van der Waals surface area contributed by atoms with Crippen LogP contribution in [0.15, 0.2) is 10.1 Å². The van der Waals surface area contributed by atoms with E-state index in [1.807, 2.05) is 20.8 Å². The second kappa shape index (κ2) is 5.99. The van der Waals surface area contributed by atoms with Gasteiger partial charge in [0.25, 0.3) is 0 Å². The summed E-state index contributed by atoms with van der Waals surface area (Å²) in [7, 11) is 0. The predicted molar refractivity (Wildman–Crippen MR) is 80.7 cm³/mol. The molecule has 0 radical (unpaired) electrons. The van der Waals surface area contributed by atoms with Crippen LogP contribution in [0.5, 0.6) is 0 Å². The van der Waals surface area contributed by atoms with Gasteiger partial charge in [-0.3, -0.25) is 0 Å². The van der Waals surface area contributed by atoms with Crippen LogP contribution >= 0.6 is 27.3 Å². The number of carbonyl (C=O) groups excluding carboxylic acids is 1. The third-order valence-electron chi connectivity index (χ3n) is 3.08. The maximum Gasteiger partial charge on any atom is 0.410 e. The van der Waals surface area contributed by atoms with Gasteiger partial charge in [-0.1, -0.05) is 0 Å². The lowest BCUT2D eigenvalue weighted by molar-refractivity contribution is 0.00542. The van der Waals surface area contributed by atoms with Gasteiger partial charge in [-0.05, 0) is 49.5 Å². The van der Waals surface area contributed by atoms with Crippen LogP contribution in [0, 0.1) is 0 Å². The number of ether oxygens (including phenoxy) is 1. The van der Waals surface area contributed by atoms with Crippen LogP contribution < -0.4 is 0 Å². The topological polar surface area (TPSA) is 62.7 Å². The number of likely N-dealkylation sites (tertiary alicyclic amines) is 1. The standard InChI is InChI=1S/C13H19BrN2O3S/c1-13(2,3)19-12(18)16-6-4-5-8(16)10(17)9-7-15-11(14)20-9/h7-8,10,17H,4-6H2,1-3H3/t8-,10?/m0/s1. The lowest BCUT2D eigenvalue weighted by Crippen LogP contribution is -2.42. The van der Waals surface area contributed by atoms with Gasteiger partial charge in [0.1, 0.15) is 11.7 Å². The summed E-state index contributed by atoms with van der Waals surface area (Å²) in [5.74, 6) is 0. The summed E-state index contributed by atoms with van der Waals surface area (Å²) in [6.45, 7) is 6.14. The number of thiazole rings is 1. The average Bonchev–Trinajstić information content (AvgIpc) is 2.93. The number of aliphatic hydroxyl groups is 1. The normalized spacial score (nSPS) is 21.1. The van der Waals surface area contributed by atoms with Gasteiger partial charge in [-0.25, -0.2) is 9.78 Å². The molecule has 2 atom stereocenters. The van der Waals surface area contributed by atoms with Crippen LogP contribution in [-0.2, 0) is 4.74 Å². The van der Waals surface area contributed by atoms with E-state index in [2.05, 4.69) is 20.9 Å². The van der Waals surface area contributed by atoms with E-state index in [1.54, 1.807) is 11.1 Å². The van der Waals surface area contributed by atoms with E-state index in [0.717, 1.165) is 21.6 Å². The molecule has 2 rings (SSSR count). The minimum atomic E-state index is -0.714. The molecule has 20 heavy (non-hydrogen) atoms. The van der Waals surface area contributed by atoms with E-state index in [1.165, 1.54) is 11.3 Å². The molecule has 0 saturated carbocycles. The first kappa shape index (κ1) is 15.7. The van der Waals surface area contributed by atoms with Crippen molar-refractivity contribution in [3.8, 4) is 0 Å². The molecular weight excluding hydrogens is 344 g/mol. The minimum Gasteiger partial charge on any atom is -0.444 e. The molecule has 1 fully saturated rings. The lowest BCUT2D eigenvalue weighted by Gasteiger charge is -2.30. The molecule has 1 unspecified atom stereocenters. The maximum absolute atomic E-state index is 12.2. The SMILES string of the molecule is CC(C)(C)OC(=O)N1CCC[C@H]1C(O)c1cnc(Br)s1. The van der Waals surface area contributed by atoms with Gasteiger partial charge >= 0.3 is 6.09 Å². The van der Waals surface area contributed by atoms with Crippen molar-refractivity contribution in [1.82, 2.24) is 9.88 Å². The first-order chi connectivity index (χ1) is 9.28. The molecule has 0 spiro atoms. The molecule has 1 aliphatic heterocycles. The Labute approximate surface area is 131 Å². The van der Waals surface area contributed by atoms with Gasteiger partial charge < -0.3 is 14.7 Å². The Hall–Kier alpha value is -0.660. The zero-order valence-corrected chi connectivity index (χ0v) is 14.2. The zero-order chi connectivity index (χ0) is 14.9. The van der Waals surface area contributed by atoms with Crippen molar-refractivity contribution in [2.45, 2.75) is 51.4 Å². The number of amides is 1. The van der Waals surface area contributed by atoms with Crippen LogP contribution in [0.3, 0.4) is 0 Å². The van der Waals surface area contributed by atoms with E-state index in [0.29, 0.717) is 6.54 Å². The van der Waals surface area contributed by atoms with E-state index in [-0.39, 0.29) is 12.1 Å². The monoisotopic (exact) mass is 362 g/mol. The van der Waals surface area contributed by atoms with Gasteiger partial charge in [0.05, 0.1) is 10.9 Å². The second-order valence-electron chi connectivity index (χ2n) is 5.84. The average molecular weight is 363 g/mol. The summed E-state index contributed by atoms with van der Waals surface area (Å²) in [5.41, 5.74) is -0.525. The van der Waals surface area contributed by atoms with E-state index < -0.39 is 11.7 Å². The summed E-state index contributed by atoms with van der Waals surface area (Å²) in [4.78, 5) is 18.7. The van der Waals surface area contributed by atoms with E-state index >= 15 is 0 Å². The lowest BCUT2D eigenvalue weighted by atomic mass is 10.1. The van der Waals surface area contributed by atoms with E-state index in [4.69, 9.17) is 4.74 Å². The Morgan fingerprint density at radius 2 is 2.35 bits per heavy atom. The molecule has 0 aliphatic carbocycles. The fraction of sp³-hybridized carbons (Fsp3) is 0.692. The van der Waals surface area contributed by atoms with Crippen LogP contribution in [0.25, 0.3) is 0 Å². The molecule has 1 N–H and O–H groups in total. The maximum atomic E-state index is 12.2. The van der Waals surface area contributed by atoms with Gasteiger partial charge in [0, 0.05) is 12.7 Å². The number of hydrogen-bond acceptors (Lipinski definition) is 5. The minimum absolute atomic E-state index is 0.239. The number of halogens is 1. The first-order valence-electron chi connectivity index (χ1n) is 6.57. The Morgan fingerprint density at radius 1 is 1.65 bits per heavy atom. The molecule has 1 aromatic heterocycles.